The van der Waals surface area contributed by atoms with Crippen molar-refractivity contribution in [2.45, 2.75) is 22.4 Å². The quantitative estimate of drug-likeness (QED) is 0.315. The van der Waals surface area contributed by atoms with E-state index in [1.54, 1.807) is 24.3 Å². The van der Waals surface area contributed by atoms with Crippen LogP contribution in [-0.2, 0) is 32.6 Å². The Morgan fingerprint density at radius 3 is 2.30 bits per heavy atom. The third-order valence-electron chi connectivity index (χ3n) is 5.75. The molecule has 0 atom stereocenters. The van der Waals surface area contributed by atoms with Gasteiger partial charge >= 0.3 is 6.18 Å². The average Bonchev–Trinajstić information content (AvgIpc) is 3.46. The van der Waals surface area contributed by atoms with Crippen LogP contribution in [0.5, 0.6) is 0 Å². The third kappa shape index (κ3) is 4.61. The molecule has 0 radical (unpaired) electrons. The van der Waals surface area contributed by atoms with Gasteiger partial charge in [0.1, 0.15) is 10.7 Å². The molecular weight excluding hydrogens is 529 g/mol. The molecule has 0 fully saturated rings. The molecule has 2 aromatic heterocycles. The number of aromatic nitrogens is 3. The summed E-state index contributed by atoms with van der Waals surface area (Å²) >= 11 is 0. The summed E-state index contributed by atoms with van der Waals surface area (Å²) in [5, 5.41) is -0.731. The van der Waals surface area contributed by atoms with Crippen molar-refractivity contribution in [3.63, 3.8) is 0 Å². The van der Waals surface area contributed by atoms with Gasteiger partial charge in [-0.3, -0.25) is 0 Å². The second-order valence-electron chi connectivity index (χ2n) is 8.15. The van der Waals surface area contributed by atoms with Gasteiger partial charge in [0.05, 0.1) is 27.0 Å². The molecule has 0 spiro atoms. The SMILES string of the molecule is O=S(=O)(NCCc1nc2ccccc2[nH]1)c1cn(S(=O)(=O)c2ccccc2)c2cccc(C(F)(F)F)c12. The number of hydrogen-bond acceptors (Lipinski definition) is 5. The van der Waals surface area contributed by atoms with Gasteiger partial charge in [-0.1, -0.05) is 36.4 Å². The molecule has 192 valence electrons. The largest absolute Gasteiger partial charge is 0.417 e. The van der Waals surface area contributed by atoms with Crippen molar-refractivity contribution in [3.05, 3.63) is 90.4 Å². The van der Waals surface area contributed by atoms with Gasteiger partial charge in [-0.2, -0.15) is 13.2 Å². The summed E-state index contributed by atoms with van der Waals surface area (Å²) in [6, 6.07) is 17.1. The molecular formula is C24H19F3N4O4S2. The zero-order valence-electron chi connectivity index (χ0n) is 18.9. The molecule has 5 rings (SSSR count). The Morgan fingerprint density at radius 2 is 1.59 bits per heavy atom. The Kier molecular flexibility index (Phi) is 6.09. The van der Waals surface area contributed by atoms with Crippen LogP contribution in [0.25, 0.3) is 21.9 Å². The van der Waals surface area contributed by atoms with Crippen LogP contribution in [0.4, 0.5) is 13.2 Å². The van der Waals surface area contributed by atoms with Gasteiger partial charge in [0.2, 0.25) is 10.0 Å². The molecule has 13 heteroatoms. The second kappa shape index (κ2) is 9.01. The summed E-state index contributed by atoms with van der Waals surface area (Å²) < 4.78 is 97.6. The van der Waals surface area contributed by atoms with Gasteiger partial charge in [-0.25, -0.2) is 30.5 Å². The first-order valence-corrected chi connectivity index (χ1v) is 13.9. The van der Waals surface area contributed by atoms with Crippen LogP contribution in [0.2, 0.25) is 0 Å². The van der Waals surface area contributed by atoms with E-state index >= 15 is 0 Å². The van der Waals surface area contributed by atoms with Crippen molar-refractivity contribution in [1.82, 2.24) is 18.7 Å². The number of fused-ring (bicyclic) bond motifs is 2. The number of rotatable bonds is 7. The number of halogens is 3. The zero-order valence-corrected chi connectivity index (χ0v) is 20.5. The van der Waals surface area contributed by atoms with E-state index in [1.165, 1.54) is 24.3 Å². The Morgan fingerprint density at radius 1 is 0.892 bits per heavy atom. The Balaban J connectivity index is 1.57. The number of nitrogens with one attached hydrogen (secondary N) is 2. The summed E-state index contributed by atoms with van der Waals surface area (Å²) in [6.07, 6.45) is -4.09. The lowest BCUT2D eigenvalue weighted by Gasteiger charge is -2.11. The summed E-state index contributed by atoms with van der Waals surface area (Å²) in [4.78, 5) is 6.40. The molecule has 0 saturated carbocycles. The maximum atomic E-state index is 13.9. The Hall–Kier alpha value is -3.68. The van der Waals surface area contributed by atoms with E-state index < -0.39 is 47.6 Å². The molecule has 8 nitrogen and oxygen atoms in total. The highest BCUT2D eigenvalue weighted by Crippen LogP contribution is 2.39. The predicted octanol–water partition coefficient (Wildman–Crippen LogP) is 4.29. The van der Waals surface area contributed by atoms with Crippen LogP contribution in [0, 0.1) is 0 Å². The number of benzene rings is 3. The molecule has 3 aromatic carbocycles. The fourth-order valence-corrected chi connectivity index (χ4v) is 6.78. The van der Waals surface area contributed by atoms with E-state index in [-0.39, 0.29) is 17.9 Å². The van der Waals surface area contributed by atoms with E-state index in [0.29, 0.717) is 21.5 Å². The van der Waals surface area contributed by atoms with Gasteiger partial charge in [-0.15, -0.1) is 0 Å². The van der Waals surface area contributed by atoms with Crippen molar-refractivity contribution < 1.29 is 30.0 Å². The predicted molar refractivity (Wildman–Crippen MR) is 131 cm³/mol. The van der Waals surface area contributed by atoms with Crippen molar-refractivity contribution in [2.24, 2.45) is 0 Å². The number of hydrogen-bond donors (Lipinski definition) is 2. The van der Waals surface area contributed by atoms with Gasteiger partial charge in [0.15, 0.2) is 0 Å². The number of alkyl halides is 3. The van der Waals surface area contributed by atoms with Gasteiger partial charge in [-0.05, 0) is 36.4 Å². The lowest BCUT2D eigenvalue weighted by molar-refractivity contribution is -0.136. The van der Waals surface area contributed by atoms with E-state index in [2.05, 4.69) is 14.7 Å². The van der Waals surface area contributed by atoms with Crippen LogP contribution in [0.15, 0.2) is 88.8 Å². The minimum absolute atomic E-state index is 0.126. The lowest BCUT2D eigenvalue weighted by Crippen LogP contribution is -2.26. The topological polar surface area (TPSA) is 114 Å². The van der Waals surface area contributed by atoms with E-state index in [1.807, 2.05) is 6.07 Å². The minimum Gasteiger partial charge on any atom is -0.342 e. The number of H-pyrrole nitrogens is 1. The maximum Gasteiger partial charge on any atom is 0.417 e. The average molecular weight is 549 g/mol. The van der Waals surface area contributed by atoms with Gasteiger partial charge in [0, 0.05) is 24.5 Å². The van der Waals surface area contributed by atoms with Crippen LogP contribution in [0.3, 0.4) is 0 Å². The number of para-hydroxylation sites is 2. The molecule has 37 heavy (non-hydrogen) atoms. The molecule has 0 bridgehead atoms. The first-order valence-electron chi connectivity index (χ1n) is 10.9. The summed E-state index contributed by atoms with van der Waals surface area (Å²) in [5.41, 5.74) is -0.227. The fourth-order valence-electron chi connectivity index (χ4n) is 4.07. The van der Waals surface area contributed by atoms with E-state index in [9.17, 15) is 30.0 Å². The molecule has 2 N–H and O–H groups in total. The number of aromatic amines is 1. The third-order valence-corrected chi connectivity index (χ3v) is 8.91. The van der Waals surface area contributed by atoms with E-state index in [4.69, 9.17) is 0 Å². The summed E-state index contributed by atoms with van der Waals surface area (Å²) in [7, 11) is -8.97. The summed E-state index contributed by atoms with van der Waals surface area (Å²) in [5.74, 6) is 0.481. The lowest BCUT2D eigenvalue weighted by atomic mass is 10.1. The molecule has 0 unspecified atom stereocenters. The summed E-state index contributed by atoms with van der Waals surface area (Å²) in [6.45, 7) is -0.186. The van der Waals surface area contributed by atoms with Crippen molar-refractivity contribution >= 4 is 42.0 Å². The van der Waals surface area contributed by atoms with Crippen LogP contribution in [0.1, 0.15) is 11.4 Å². The monoisotopic (exact) mass is 548 g/mol. The number of sulfonamides is 1. The van der Waals surface area contributed by atoms with Crippen LogP contribution in [-0.4, -0.2) is 37.3 Å². The standard InChI is InChI=1S/C24H19F3N4O4S2/c25-24(26,27)17-9-6-12-20-23(17)21(15-31(20)37(34,35)16-7-2-1-3-8-16)36(32,33)28-14-13-22-29-18-10-4-5-11-19(18)30-22/h1-12,15,28H,13-14H2,(H,29,30). The smallest absolute Gasteiger partial charge is 0.342 e. The molecule has 2 heterocycles. The molecule has 0 aliphatic carbocycles. The molecule has 0 saturated heterocycles. The molecule has 5 aromatic rings. The van der Waals surface area contributed by atoms with Crippen molar-refractivity contribution in [3.8, 4) is 0 Å². The number of nitrogens with zero attached hydrogens (tertiary/aromatic N) is 2. The minimum atomic E-state index is -4.93. The first-order chi connectivity index (χ1) is 17.5. The molecule has 0 aliphatic rings. The second-order valence-corrected chi connectivity index (χ2v) is 11.7. The van der Waals surface area contributed by atoms with E-state index in [0.717, 1.165) is 23.7 Å². The highest BCUT2D eigenvalue weighted by molar-refractivity contribution is 7.91. The van der Waals surface area contributed by atoms with Gasteiger partial charge < -0.3 is 4.98 Å². The Labute approximate surface area is 209 Å². The number of imidazole rings is 1. The maximum absolute atomic E-state index is 13.9. The first kappa shape index (κ1) is 25.0. The van der Waals surface area contributed by atoms with Crippen molar-refractivity contribution in [1.29, 1.82) is 0 Å². The van der Waals surface area contributed by atoms with Crippen LogP contribution < -0.4 is 4.72 Å². The zero-order chi connectivity index (χ0) is 26.4. The normalized spacial score (nSPS) is 12.9. The molecule has 0 aliphatic heterocycles. The highest BCUT2D eigenvalue weighted by atomic mass is 32.2. The highest BCUT2D eigenvalue weighted by Gasteiger charge is 2.37. The van der Waals surface area contributed by atoms with Crippen molar-refractivity contribution in [2.75, 3.05) is 6.54 Å². The van der Waals surface area contributed by atoms with Crippen LogP contribution >= 0.6 is 0 Å². The Bertz CT molecular complexity index is 1800. The van der Waals surface area contributed by atoms with Gasteiger partial charge in [0.25, 0.3) is 10.0 Å². The molecule has 0 amide bonds. The fraction of sp³-hybridized carbons (Fsp3) is 0.125.